The minimum atomic E-state index is -1.41. The first-order valence-corrected chi connectivity index (χ1v) is 5.48. The average Bonchev–Trinajstić information content (AvgIpc) is 2.26. The topological polar surface area (TPSA) is 12.0 Å². The van der Waals surface area contributed by atoms with Crippen molar-refractivity contribution >= 4 is 0 Å². The Morgan fingerprint density at radius 2 is 1.69 bits per heavy atom. The molecular weight excluding hydrogens is 215 g/mol. The van der Waals surface area contributed by atoms with Gasteiger partial charge in [-0.3, -0.25) is 0 Å². The molecule has 0 aromatic heterocycles. The fraction of sp³-hybridized carbons (Fsp3) is 0.500. The largest absolute Gasteiger partial charge is 0.310 e. The van der Waals surface area contributed by atoms with Crippen LogP contribution in [0.1, 0.15) is 38.3 Å². The Morgan fingerprint density at radius 3 is 2.12 bits per heavy atom. The molecule has 1 rings (SSSR count). The summed E-state index contributed by atoms with van der Waals surface area (Å²) in [6.45, 7) is 4.68. The van der Waals surface area contributed by atoms with Crippen molar-refractivity contribution < 1.29 is 13.2 Å². The van der Waals surface area contributed by atoms with Crippen molar-refractivity contribution in [3.8, 4) is 0 Å². The van der Waals surface area contributed by atoms with Gasteiger partial charge in [-0.1, -0.05) is 13.8 Å². The Kier molecular flexibility index (Phi) is 4.80. The third-order valence-corrected chi connectivity index (χ3v) is 2.46. The highest BCUT2D eigenvalue weighted by molar-refractivity contribution is 5.22. The minimum Gasteiger partial charge on any atom is -0.310 e. The summed E-state index contributed by atoms with van der Waals surface area (Å²) in [6.07, 6.45) is 1.63. The minimum absolute atomic E-state index is 0.135. The maximum absolute atomic E-state index is 13.0. The summed E-state index contributed by atoms with van der Waals surface area (Å²) in [5, 5.41) is 3.15. The van der Waals surface area contributed by atoms with Crippen LogP contribution in [0.25, 0.3) is 0 Å². The summed E-state index contributed by atoms with van der Waals surface area (Å²) in [6, 6.07) is 1.97. The van der Waals surface area contributed by atoms with Crippen LogP contribution >= 0.6 is 0 Å². The van der Waals surface area contributed by atoms with Crippen LogP contribution in [0.5, 0.6) is 0 Å². The first kappa shape index (κ1) is 13.0. The number of halogens is 3. The molecule has 0 bridgehead atoms. The van der Waals surface area contributed by atoms with Crippen LogP contribution in [0.4, 0.5) is 13.2 Å². The van der Waals surface area contributed by atoms with Crippen LogP contribution in [0, 0.1) is 17.5 Å². The Bertz CT molecular complexity index is 329. The van der Waals surface area contributed by atoms with Crippen LogP contribution < -0.4 is 5.32 Å². The molecule has 4 heteroatoms. The highest BCUT2D eigenvalue weighted by Crippen LogP contribution is 2.21. The second-order valence-corrected chi connectivity index (χ2v) is 3.71. The SMILES string of the molecule is CCCNC(CC)c1cc(F)c(F)c(F)c1. The monoisotopic (exact) mass is 231 g/mol. The molecule has 1 unspecified atom stereocenters. The second kappa shape index (κ2) is 5.89. The van der Waals surface area contributed by atoms with Crippen molar-refractivity contribution in [2.75, 3.05) is 6.54 Å². The molecule has 0 aliphatic rings. The molecule has 0 amide bonds. The van der Waals surface area contributed by atoms with Crippen molar-refractivity contribution in [2.24, 2.45) is 0 Å². The molecule has 0 aliphatic heterocycles. The van der Waals surface area contributed by atoms with Gasteiger partial charge in [0.2, 0.25) is 0 Å². The number of rotatable bonds is 5. The van der Waals surface area contributed by atoms with E-state index in [2.05, 4.69) is 5.32 Å². The van der Waals surface area contributed by atoms with Gasteiger partial charge in [0.05, 0.1) is 0 Å². The van der Waals surface area contributed by atoms with E-state index in [1.165, 1.54) is 0 Å². The smallest absolute Gasteiger partial charge is 0.194 e. The van der Waals surface area contributed by atoms with Gasteiger partial charge in [-0.25, -0.2) is 13.2 Å². The Hall–Kier alpha value is -1.03. The van der Waals surface area contributed by atoms with E-state index >= 15 is 0 Å². The van der Waals surface area contributed by atoms with Crippen LogP contribution in [0.15, 0.2) is 12.1 Å². The molecule has 90 valence electrons. The lowest BCUT2D eigenvalue weighted by atomic mass is 10.0. The quantitative estimate of drug-likeness (QED) is 0.764. The first-order chi connectivity index (χ1) is 7.60. The summed E-state index contributed by atoms with van der Waals surface area (Å²) < 4.78 is 38.8. The molecule has 0 heterocycles. The van der Waals surface area contributed by atoms with Crippen LogP contribution in [0.3, 0.4) is 0 Å². The van der Waals surface area contributed by atoms with Gasteiger partial charge in [0.25, 0.3) is 0 Å². The lowest BCUT2D eigenvalue weighted by Gasteiger charge is -2.17. The third kappa shape index (κ3) is 2.98. The summed E-state index contributed by atoms with van der Waals surface area (Å²) >= 11 is 0. The van der Waals surface area contributed by atoms with Crippen LogP contribution in [-0.4, -0.2) is 6.54 Å². The zero-order valence-corrected chi connectivity index (χ0v) is 9.49. The molecule has 0 radical (unpaired) electrons. The van der Waals surface area contributed by atoms with Gasteiger partial charge in [0, 0.05) is 6.04 Å². The zero-order valence-electron chi connectivity index (χ0n) is 9.49. The van der Waals surface area contributed by atoms with Crippen LogP contribution in [0.2, 0.25) is 0 Å². The van der Waals surface area contributed by atoms with E-state index in [0.717, 1.165) is 25.1 Å². The summed E-state index contributed by atoms with van der Waals surface area (Å²) in [7, 11) is 0. The van der Waals surface area contributed by atoms with Crippen molar-refractivity contribution in [3.63, 3.8) is 0 Å². The highest BCUT2D eigenvalue weighted by atomic mass is 19.2. The van der Waals surface area contributed by atoms with E-state index in [9.17, 15) is 13.2 Å². The predicted molar refractivity (Wildman–Crippen MR) is 57.6 cm³/mol. The Balaban J connectivity index is 2.92. The van der Waals surface area contributed by atoms with Gasteiger partial charge in [-0.15, -0.1) is 0 Å². The van der Waals surface area contributed by atoms with Crippen LogP contribution in [-0.2, 0) is 0 Å². The molecule has 1 nitrogen and oxygen atoms in total. The van der Waals surface area contributed by atoms with Crippen molar-refractivity contribution in [3.05, 3.63) is 35.1 Å². The number of hydrogen-bond donors (Lipinski definition) is 1. The summed E-state index contributed by atoms with van der Waals surface area (Å²) in [5.74, 6) is -3.67. The number of nitrogens with one attached hydrogen (secondary N) is 1. The van der Waals surface area contributed by atoms with E-state index in [0.29, 0.717) is 12.0 Å². The molecule has 1 aromatic rings. The van der Waals surface area contributed by atoms with Gasteiger partial charge in [0.15, 0.2) is 17.5 Å². The van der Waals surface area contributed by atoms with Gasteiger partial charge in [-0.2, -0.15) is 0 Å². The van der Waals surface area contributed by atoms with Gasteiger partial charge < -0.3 is 5.32 Å². The Labute approximate surface area is 93.7 Å². The number of hydrogen-bond acceptors (Lipinski definition) is 1. The molecule has 0 aliphatic carbocycles. The molecule has 16 heavy (non-hydrogen) atoms. The lowest BCUT2D eigenvalue weighted by molar-refractivity contribution is 0.437. The fourth-order valence-corrected chi connectivity index (χ4v) is 1.59. The maximum atomic E-state index is 13.0. The Morgan fingerprint density at radius 1 is 1.12 bits per heavy atom. The molecule has 0 saturated carbocycles. The van der Waals surface area contributed by atoms with E-state index < -0.39 is 17.5 Å². The number of benzene rings is 1. The van der Waals surface area contributed by atoms with E-state index in [1.807, 2.05) is 13.8 Å². The second-order valence-electron chi connectivity index (χ2n) is 3.71. The van der Waals surface area contributed by atoms with Gasteiger partial charge in [0.1, 0.15) is 0 Å². The lowest BCUT2D eigenvalue weighted by Crippen LogP contribution is -2.21. The summed E-state index contributed by atoms with van der Waals surface area (Å²) in [4.78, 5) is 0. The van der Waals surface area contributed by atoms with E-state index in [4.69, 9.17) is 0 Å². The third-order valence-electron chi connectivity index (χ3n) is 2.46. The maximum Gasteiger partial charge on any atom is 0.194 e. The van der Waals surface area contributed by atoms with E-state index in [-0.39, 0.29) is 6.04 Å². The van der Waals surface area contributed by atoms with Gasteiger partial charge >= 0.3 is 0 Å². The van der Waals surface area contributed by atoms with Crippen molar-refractivity contribution in [1.29, 1.82) is 0 Å². The normalized spacial score (nSPS) is 12.8. The van der Waals surface area contributed by atoms with E-state index in [1.54, 1.807) is 0 Å². The van der Waals surface area contributed by atoms with Crippen molar-refractivity contribution in [1.82, 2.24) is 5.32 Å². The average molecular weight is 231 g/mol. The van der Waals surface area contributed by atoms with Gasteiger partial charge in [-0.05, 0) is 37.1 Å². The summed E-state index contributed by atoms with van der Waals surface area (Å²) in [5.41, 5.74) is 0.451. The standard InChI is InChI=1S/C12H16F3N/c1-3-5-16-11(4-2)8-6-9(13)12(15)10(14)7-8/h6-7,11,16H,3-5H2,1-2H3. The highest BCUT2D eigenvalue weighted by Gasteiger charge is 2.15. The molecule has 0 spiro atoms. The molecule has 0 fully saturated rings. The molecule has 1 N–H and O–H groups in total. The molecular formula is C12H16F3N. The fourth-order valence-electron chi connectivity index (χ4n) is 1.59. The zero-order chi connectivity index (χ0) is 12.1. The predicted octanol–water partition coefficient (Wildman–Crippen LogP) is 3.55. The molecule has 1 atom stereocenters. The molecule has 1 aromatic carbocycles. The van der Waals surface area contributed by atoms with Crippen molar-refractivity contribution in [2.45, 2.75) is 32.7 Å². The first-order valence-electron chi connectivity index (χ1n) is 5.48. The molecule has 0 saturated heterocycles.